The van der Waals surface area contributed by atoms with Crippen LogP contribution in [-0.4, -0.2) is 17.3 Å². The summed E-state index contributed by atoms with van der Waals surface area (Å²) in [6.07, 6.45) is 2.83. The SMILES string of the molecule is C=C[C@@H]1C[C@H](O)Cc2cc(Cl)ccc2N1. The van der Waals surface area contributed by atoms with Crippen molar-refractivity contribution in [3.63, 3.8) is 0 Å². The van der Waals surface area contributed by atoms with Crippen molar-refractivity contribution in [3.8, 4) is 0 Å². The molecule has 0 aromatic heterocycles. The van der Waals surface area contributed by atoms with E-state index < -0.39 is 0 Å². The molecule has 0 saturated carbocycles. The number of hydrogen-bond donors (Lipinski definition) is 2. The van der Waals surface area contributed by atoms with Gasteiger partial charge in [-0.1, -0.05) is 17.7 Å². The van der Waals surface area contributed by atoms with E-state index in [0.29, 0.717) is 17.9 Å². The first-order valence-electron chi connectivity index (χ1n) is 5.04. The summed E-state index contributed by atoms with van der Waals surface area (Å²) < 4.78 is 0. The molecule has 0 radical (unpaired) electrons. The van der Waals surface area contributed by atoms with Crippen LogP contribution < -0.4 is 5.32 Å². The number of nitrogens with one attached hydrogen (secondary N) is 1. The molecule has 2 rings (SSSR count). The van der Waals surface area contributed by atoms with Gasteiger partial charge in [-0.15, -0.1) is 6.58 Å². The van der Waals surface area contributed by atoms with Gasteiger partial charge in [0.2, 0.25) is 0 Å². The molecule has 15 heavy (non-hydrogen) atoms. The highest BCUT2D eigenvalue weighted by molar-refractivity contribution is 6.30. The average Bonchev–Trinajstić information content (AvgIpc) is 2.35. The van der Waals surface area contributed by atoms with Crippen LogP contribution in [0.15, 0.2) is 30.9 Å². The Kier molecular flexibility index (Phi) is 2.98. The van der Waals surface area contributed by atoms with Crippen LogP contribution in [0, 0.1) is 0 Å². The van der Waals surface area contributed by atoms with Crippen LogP contribution in [0.4, 0.5) is 5.69 Å². The predicted octanol–water partition coefficient (Wildman–Crippen LogP) is 2.61. The lowest BCUT2D eigenvalue weighted by atomic mass is 10.0. The Morgan fingerprint density at radius 1 is 1.53 bits per heavy atom. The monoisotopic (exact) mass is 223 g/mol. The van der Waals surface area contributed by atoms with Crippen molar-refractivity contribution >= 4 is 17.3 Å². The molecule has 0 spiro atoms. The minimum Gasteiger partial charge on any atom is -0.393 e. The fourth-order valence-corrected chi connectivity index (χ4v) is 2.11. The second-order valence-corrected chi connectivity index (χ2v) is 4.32. The summed E-state index contributed by atoms with van der Waals surface area (Å²) in [5, 5.41) is 13.8. The van der Waals surface area contributed by atoms with Crippen molar-refractivity contribution in [2.24, 2.45) is 0 Å². The zero-order valence-electron chi connectivity index (χ0n) is 8.41. The standard InChI is InChI=1S/C12H14ClNO/c1-2-10-7-11(15)6-8-5-9(13)3-4-12(8)14-10/h2-5,10-11,14-15H,1,6-7H2/t10-,11-/m1/s1. The predicted molar refractivity (Wildman–Crippen MR) is 63.4 cm³/mol. The molecule has 1 aliphatic heterocycles. The van der Waals surface area contributed by atoms with E-state index in [1.54, 1.807) is 0 Å². The number of aliphatic hydroxyl groups is 1. The van der Waals surface area contributed by atoms with Crippen molar-refractivity contribution in [2.45, 2.75) is 25.0 Å². The highest BCUT2D eigenvalue weighted by Crippen LogP contribution is 2.27. The first-order chi connectivity index (χ1) is 7.19. The normalized spacial score (nSPS) is 24.9. The molecule has 80 valence electrons. The van der Waals surface area contributed by atoms with E-state index in [9.17, 15) is 5.11 Å². The van der Waals surface area contributed by atoms with Gasteiger partial charge < -0.3 is 10.4 Å². The lowest BCUT2D eigenvalue weighted by Gasteiger charge is -2.14. The highest BCUT2D eigenvalue weighted by Gasteiger charge is 2.19. The summed E-state index contributed by atoms with van der Waals surface area (Å²) >= 11 is 5.92. The van der Waals surface area contributed by atoms with Crippen LogP contribution in [0.5, 0.6) is 0 Å². The largest absolute Gasteiger partial charge is 0.393 e. The van der Waals surface area contributed by atoms with Crippen molar-refractivity contribution in [3.05, 3.63) is 41.4 Å². The maximum Gasteiger partial charge on any atom is 0.0604 e. The second-order valence-electron chi connectivity index (χ2n) is 3.88. The van der Waals surface area contributed by atoms with E-state index in [4.69, 9.17) is 11.6 Å². The maximum atomic E-state index is 9.80. The molecule has 2 N–H and O–H groups in total. The Morgan fingerprint density at radius 2 is 2.33 bits per heavy atom. The molecule has 0 fully saturated rings. The Bertz CT molecular complexity index is 378. The molecular formula is C12H14ClNO. The van der Waals surface area contributed by atoms with Crippen LogP contribution in [0.25, 0.3) is 0 Å². The molecule has 0 bridgehead atoms. The maximum absolute atomic E-state index is 9.80. The number of benzene rings is 1. The molecule has 1 aliphatic rings. The van der Waals surface area contributed by atoms with E-state index in [2.05, 4.69) is 11.9 Å². The first-order valence-corrected chi connectivity index (χ1v) is 5.42. The summed E-state index contributed by atoms with van der Waals surface area (Å²) in [5.41, 5.74) is 2.11. The Balaban J connectivity index is 2.35. The third-order valence-corrected chi connectivity index (χ3v) is 2.91. The third kappa shape index (κ3) is 2.33. The molecule has 2 atom stereocenters. The molecule has 1 aromatic rings. The van der Waals surface area contributed by atoms with Gasteiger partial charge in [-0.25, -0.2) is 0 Å². The summed E-state index contributed by atoms with van der Waals surface area (Å²) in [7, 11) is 0. The van der Waals surface area contributed by atoms with Crippen LogP contribution >= 0.6 is 11.6 Å². The fourth-order valence-electron chi connectivity index (χ4n) is 1.92. The Hall–Kier alpha value is -0.990. The van der Waals surface area contributed by atoms with Crippen molar-refractivity contribution < 1.29 is 5.11 Å². The molecule has 0 saturated heterocycles. The van der Waals surface area contributed by atoms with Gasteiger partial charge in [0.05, 0.1) is 6.10 Å². The number of aliphatic hydroxyl groups excluding tert-OH is 1. The van der Waals surface area contributed by atoms with E-state index in [1.807, 2.05) is 24.3 Å². The van der Waals surface area contributed by atoms with E-state index >= 15 is 0 Å². The van der Waals surface area contributed by atoms with Gasteiger partial charge in [0.25, 0.3) is 0 Å². The summed E-state index contributed by atoms with van der Waals surface area (Å²) in [6, 6.07) is 5.83. The first kappa shape index (κ1) is 10.5. The number of anilines is 1. The molecule has 1 heterocycles. The Labute approximate surface area is 94.6 Å². The van der Waals surface area contributed by atoms with Crippen LogP contribution in [0.2, 0.25) is 5.02 Å². The van der Waals surface area contributed by atoms with Crippen LogP contribution in [0.3, 0.4) is 0 Å². The number of fused-ring (bicyclic) bond motifs is 1. The molecule has 0 unspecified atom stereocenters. The average molecular weight is 224 g/mol. The Morgan fingerprint density at radius 3 is 3.07 bits per heavy atom. The van der Waals surface area contributed by atoms with Gasteiger partial charge in [0.1, 0.15) is 0 Å². The van der Waals surface area contributed by atoms with Gasteiger partial charge in [-0.3, -0.25) is 0 Å². The lowest BCUT2D eigenvalue weighted by Crippen LogP contribution is -2.20. The lowest BCUT2D eigenvalue weighted by molar-refractivity contribution is 0.165. The topological polar surface area (TPSA) is 32.3 Å². The van der Waals surface area contributed by atoms with Gasteiger partial charge in [-0.2, -0.15) is 0 Å². The minimum absolute atomic E-state index is 0.127. The summed E-state index contributed by atoms with van der Waals surface area (Å²) in [4.78, 5) is 0. The van der Waals surface area contributed by atoms with E-state index in [-0.39, 0.29) is 12.1 Å². The van der Waals surface area contributed by atoms with Gasteiger partial charge in [0, 0.05) is 23.2 Å². The minimum atomic E-state index is -0.333. The second kappa shape index (κ2) is 4.25. The number of halogens is 1. The summed E-state index contributed by atoms with van der Waals surface area (Å²) in [5.74, 6) is 0. The molecule has 2 nitrogen and oxygen atoms in total. The van der Waals surface area contributed by atoms with Gasteiger partial charge in [0.15, 0.2) is 0 Å². The molecule has 3 heteroatoms. The van der Waals surface area contributed by atoms with Crippen molar-refractivity contribution in [1.82, 2.24) is 0 Å². The molecule has 0 aliphatic carbocycles. The van der Waals surface area contributed by atoms with E-state index in [1.165, 1.54) is 0 Å². The fraction of sp³-hybridized carbons (Fsp3) is 0.333. The number of hydrogen-bond acceptors (Lipinski definition) is 2. The third-order valence-electron chi connectivity index (χ3n) is 2.67. The summed E-state index contributed by atoms with van der Waals surface area (Å²) in [6.45, 7) is 3.75. The van der Waals surface area contributed by atoms with Crippen molar-refractivity contribution in [1.29, 1.82) is 0 Å². The van der Waals surface area contributed by atoms with E-state index in [0.717, 1.165) is 11.3 Å². The quantitative estimate of drug-likeness (QED) is 0.718. The smallest absolute Gasteiger partial charge is 0.0604 e. The zero-order chi connectivity index (χ0) is 10.8. The number of rotatable bonds is 1. The van der Waals surface area contributed by atoms with Crippen LogP contribution in [-0.2, 0) is 6.42 Å². The molecular weight excluding hydrogens is 210 g/mol. The van der Waals surface area contributed by atoms with Crippen molar-refractivity contribution in [2.75, 3.05) is 5.32 Å². The van der Waals surface area contributed by atoms with Gasteiger partial charge in [-0.05, 0) is 30.2 Å². The molecule has 0 amide bonds. The highest BCUT2D eigenvalue weighted by atomic mass is 35.5. The van der Waals surface area contributed by atoms with Crippen LogP contribution in [0.1, 0.15) is 12.0 Å². The zero-order valence-corrected chi connectivity index (χ0v) is 9.17. The molecule has 1 aromatic carbocycles. The van der Waals surface area contributed by atoms with Gasteiger partial charge >= 0.3 is 0 Å².